The molecule has 3 rings (SSSR count). The normalized spacial score (nSPS) is 12.6. The van der Waals surface area contributed by atoms with Gasteiger partial charge in [-0.2, -0.15) is 0 Å². The van der Waals surface area contributed by atoms with Gasteiger partial charge in [0.05, 0.1) is 11.5 Å². The molecule has 28 heavy (non-hydrogen) atoms. The Labute approximate surface area is 175 Å². The molecule has 0 aliphatic carbocycles. The first-order valence-corrected chi connectivity index (χ1v) is 10.4. The monoisotopic (exact) mass is 441 g/mol. The first-order chi connectivity index (χ1) is 12.9. The second-order valence-electron chi connectivity index (χ2n) is 6.27. The van der Waals surface area contributed by atoms with Crippen molar-refractivity contribution < 1.29 is 13.5 Å². The molecule has 0 bridgehead atoms. The number of aromatic nitrogens is 2. The molecule has 1 heterocycles. The van der Waals surface area contributed by atoms with E-state index in [9.17, 15) is 13.5 Å². The number of hydrogen-bond donors (Lipinski definition) is 2. The van der Waals surface area contributed by atoms with Crippen LogP contribution in [0.1, 0.15) is 18.9 Å². The van der Waals surface area contributed by atoms with Crippen LogP contribution in [0.25, 0.3) is 22.0 Å². The molecule has 9 heteroatoms. The van der Waals surface area contributed by atoms with E-state index in [1.807, 2.05) is 37.3 Å². The SMILES string of the molecule is CCC(CO)NS(=O)(=O)c1cc(-c2nnc(Cl)c3ccccc23)ccc1C.Cl. The summed E-state index contributed by atoms with van der Waals surface area (Å²) in [5.74, 6) is 0. The smallest absolute Gasteiger partial charge is 0.241 e. The van der Waals surface area contributed by atoms with Gasteiger partial charge in [-0.1, -0.05) is 54.9 Å². The summed E-state index contributed by atoms with van der Waals surface area (Å²) >= 11 is 6.13. The Balaban J connectivity index is 0.00000280. The summed E-state index contributed by atoms with van der Waals surface area (Å²) in [5, 5.41) is 19.3. The third-order valence-corrected chi connectivity index (χ3v) is 6.37. The van der Waals surface area contributed by atoms with Gasteiger partial charge in [0, 0.05) is 22.4 Å². The lowest BCUT2D eigenvalue weighted by Gasteiger charge is -2.16. The number of aliphatic hydroxyl groups excluding tert-OH is 1. The average molecular weight is 442 g/mol. The molecule has 0 amide bonds. The minimum Gasteiger partial charge on any atom is -0.395 e. The fourth-order valence-corrected chi connectivity index (χ4v) is 4.64. The van der Waals surface area contributed by atoms with Gasteiger partial charge < -0.3 is 5.11 Å². The number of nitrogens with zero attached hydrogens (tertiary/aromatic N) is 2. The molecule has 1 aromatic heterocycles. The van der Waals surface area contributed by atoms with Crippen LogP contribution in [0.2, 0.25) is 5.15 Å². The number of sulfonamides is 1. The van der Waals surface area contributed by atoms with Crippen molar-refractivity contribution in [2.45, 2.75) is 31.2 Å². The van der Waals surface area contributed by atoms with Crippen LogP contribution < -0.4 is 4.72 Å². The Morgan fingerprint density at radius 2 is 1.82 bits per heavy atom. The van der Waals surface area contributed by atoms with Crippen molar-refractivity contribution in [2.75, 3.05) is 6.61 Å². The topological polar surface area (TPSA) is 92.2 Å². The number of rotatable bonds is 6. The van der Waals surface area contributed by atoms with E-state index in [0.717, 1.165) is 10.8 Å². The third kappa shape index (κ3) is 4.45. The van der Waals surface area contributed by atoms with Crippen molar-refractivity contribution in [1.29, 1.82) is 0 Å². The molecule has 3 aromatic rings. The molecular formula is C19H21Cl2N3O3S. The van der Waals surface area contributed by atoms with E-state index in [1.165, 1.54) is 0 Å². The van der Waals surface area contributed by atoms with Gasteiger partial charge in [0.25, 0.3) is 0 Å². The Kier molecular flexibility index (Phi) is 7.36. The predicted octanol–water partition coefficient (Wildman–Crippen LogP) is 3.73. The van der Waals surface area contributed by atoms with E-state index in [0.29, 0.717) is 28.4 Å². The molecular weight excluding hydrogens is 421 g/mol. The van der Waals surface area contributed by atoms with Gasteiger partial charge in [0.15, 0.2) is 5.15 Å². The van der Waals surface area contributed by atoms with Crippen LogP contribution in [0.3, 0.4) is 0 Å². The summed E-state index contributed by atoms with van der Waals surface area (Å²) in [6.45, 7) is 3.27. The standard InChI is InChI=1S/C19H20ClN3O3S.ClH/c1-3-14(11-24)23-27(25,26)17-10-13(9-8-12(17)2)18-15-6-4-5-7-16(15)19(20)22-21-18;/h4-10,14,23-24H,3,11H2,1-2H3;1H. The second-order valence-corrected chi connectivity index (χ2v) is 8.31. The summed E-state index contributed by atoms with van der Waals surface area (Å²) in [6.07, 6.45) is 0.488. The Hall–Kier alpha value is -1.77. The highest BCUT2D eigenvalue weighted by atomic mass is 35.5. The lowest BCUT2D eigenvalue weighted by atomic mass is 10.0. The summed E-state index contributed by atoms with van der Waals surface area (Å²) in [5.41, 5.74) is 1.78. The minimum absolute atomic E-state index is 0. The zero-order chi connectivity index (χ0) is 19.6. The lowest BCUT2D eigenvalue weighted by molar-refractivity contribution is 0.254. The van der Waals surface area contributed by atoms with Crippen LogP contribution in [0.5, 0.6) is 0 Å². The fraction of sp³-hybridized carbons (Fsp3) is 0.263. The van der Waals surface area contributed by atoms with E-state index >= 15 is 0 Å². The van der Waals surface area contributed by atoms with Crippen molar-refractivity contribution in [2.24, 2.45) is 0 Å². The Bertz CT molecular complexity index is 1090. The van der Waals surface area contributed by atoms with E-state index in [1.54, 1.807) is 19.1 Å². The van der Waals surface area contributed by atoms with Crippen molar-refractivity contribution >= 4 is 44.8 Å². The van der Waals surface area contributed by atoms with Crippen LogP contribution in [-0.4, -0.2) is 36.4 Å². The number of nitrogens with one attached hydrogen (secondary N) is 1. The highest BCUT2D eigenvalue weighted by Gasteiger charge is 2.22. The maximum absolute atomic E-state index is 12.8. The molecule has 2 aromatic carbocycles. The molecule has 0 aliphatic rings. The Morgan fingerprint density at radius 3 is 2.46 bits per heavy atom. The van der Waals surface area contributed by atoms with Crippen molar-refractivity contribution in [1.82, 2.24) is 14.9 Å². The van der Waals surface area contributed by atoms with E-state index < -0.39 is 16.1 Å². The maximum Gasteiger partial charge on any atom is 0.241 e. The lowest BCUT2D eigenvalue weighted by Crippen LogP contribution is -2.37. The molecule has 0 fully saturated rings. The molecule has 1 unspecified atom stereocenters. The largest absolute Gasteiger partial charge is 0.395 e. The molecule has 6 nitrogen and oxygen atoms in total. The van der Waals surface area contributed by atoms with Gasteiger partial charge in [0.2, 0.25) is 10.0 Å². The van der Waals surface area contributed by atoms with Crippen LogP contribution in [-0.2, 0) is 10.0 Å². The Morgan fingerprint density at radius 1 is 1.14 bits per heavy atom. The average Bonchev–Trinajstić information content (AvgIpc) is 2.67. The van der Waals surface area contributed by atoms with Gasteiger partial charge in [0.1, 0.15) is 5.69 Å². The number of hydrogen-bond acceptors (Lipinski definition) is 5. The second kappa shape index (κ2) is 9.15. The van der Waals surface area contributed by atoms with Crippen LogP contribution in [0.4, 0.5) is 0 Å². The number of benzene rings is 2. The molecule has 0 radical (unpaired) electrons. The zero-order valence-electron chi connectivity index (χ0n) is 15.4. The van der Waals surface area contributed by atoms with Crippen LogP contribution in [0, 0.1) is 6.92 Å². The zero-order valence-corrected chi connectivity index (χ0v) is 17.8. The highest BCUT2D eigenvalue weighted by molar-refractivity contribution is 7.89. The van der Waals surface area contributed by atoms with E-state index in [-0.39, 0.29) is 23.9 Å². The van der Waals surface area contributed by atoms with Gasteiger partial charge >= 0.3 is 0 Å². The van der Waals surface area contributed by atoms with Crippen molar-refractivity contribution in [3.8, 4) is 11.3 Å². The molecule has 1 atom stereocenters. The molecule has 150 valence electrons. The summed E-state index contributed by atoms with van der Waals surface area (Å²) in [7, 11) is -3.79. The molecule has 0 saturated carbocycles. The maximum atomic E-state index is 12.8. The van der Waals surface area contributed by atoms with Crippen LogP contribution in [0.15, 0.2) is 47.4 Å². The molecule has 2 N–H and O–H groups in total. The van der Waals surface area contributed by atoms with Gasteiger partial charge in [-0.25, -0.2) is 13.1 Å². The third-order valence-electron chi connectivity index (χ3n) is 4.43. The number of fused-ring (bicyclic) bond motifs is 1. The fourth-order valence-electron chi connectivity index (χ4n) is 2.85. The van der Waals surface area contributed by atoms with Crippen molar-refractivity contribution in [3.63, 3.8) is 0 Å². The summed E-state index contributed by atoms with van der Waals surface area (Å²) in [4.78, 5) is 0.146. The van der Waals surface area contributed by atoms with E-state index in [4.69, 9.17) is 11.6 Å². The van der Waals surface area contributed by atoms with Gasteiger partial charge in [-0.05, 0) is 25.0 Å². The first-order valence-electron chi connectivity index (χ1n) is 8.52. The summed E-state index contributed by atoms with van der Waals surface area (Å²) < 4.78 is 28.1. The van der Waals surface area contributed by atoms with Gasteiger partial charge in [-0.15, -0.1) is 22.6 Å². The summed E-state index contributed by atoms with van der Waals surface area (Å²) in [6, 6.07) is 12.0. The minimum atomic E-state index is -3.79. The highest BCUT2D eigenvalue weighted by Crippen LogP contribution is 2.31. The first kappa shape index (κ1) is 22.5. The molecule has 0 aliphatic heterocycles. The molecule has 0 saturated heterocycles. The number of aliphatic hydroxyl groups is 1. The molecule has 0 spiro atoms. The number of aryl methyl sites for hydroxylation is 1. The quantitative estimate of drug-likeness (QED) is 0.607. The predicted molar refractivity (Wildman–Crippen MR) is 113 cm³/mol. The van der Waals surface area contributed by atoms with Gasteiger partial charge in [-0.3, -0.25) is 0 Å². The van der Waals surface area contributed by atoms with E-state index in [2.05, 4.69) is 14.9 Å². The van der Waals surface area contributed by atoms with Crippen molar-refractivity contribution in [3.05, 3.63) is 53.2 Å². The number of halogens is 2. The van der Waals surface area contributed by atoms with Crippen LogP contribution >= 0.6 is 24.0 Å².